The van der Waals surface area contributed by atoms with Gasteiger partial charge in [-0.3, -0.25) is 0 Å². The van der Waals surface area contributed by atoms with Gasteiger partial charge in [0.2, 0.25) is 5.95 Å². The molecular weight excluding hydrogens is 323 g/mol. The van der Waals surface area contributed by atoms with Crippen molar-refractivity contribution in [2.45, 2.75) is 31.8 Å². The van der Waals surface area contributed by atoms with Gasteiger partial charge in [0, 0.05) is 18.7 Å². The summed E-state index contributed by atoms with van der Waals surface area (Å²) in [5, 5.41) is 0. The fourth-order valence-electron chi connectivity index (χ4n) is 2.92. The van der Waals surface area contributed by atoms with E-state index in [1.165, 1.54) is 18.9 Å². The monoisotopic (exact) mass is 340 g/mol. The molecule has 0 radical (unpaired) electrons. The average Bonchev–Trinajstić information content (AvgIpc) is 2.69. The number of hydrogen-bond donors (Lipinski definition) is 1. The minimum Gasteiger partial charge on any atom is -0.369 e. The maximum atomic E-state index is 13.6. The van der Waals surface area contributed by atoms with Gasteiger partial charge in [-0.15, -0.1) is 0 Å². The number of piperidine rings is 1. The lowest BCUT2D eigenvalue weighted by molar-refractivity contribution is 0.169. The molecule has 1 aliphatic rings. The summed E-state index contributed by atoms with van der Waals surface area (Å²) in [7, 11) is 2.15. The van der Waals surface area contributed by atoms with E-state index < -0.39 is 0 Å². The van der Waals surface area contributed by atoms with Crippen molar-refractivity contribution in [1.29, 1.82) is 0 Å². The maximum absolute atomic E-state index is 13.6. The number of halogens is 2. The van der Waals surface area contributed by atoms with Crippen molar-refractivity contribution in [3.8, 4) is 0 Å². The smallest absolute Gasteiger partial charge is 0.201 e. The highest BCUT2D eigenvalue weighted by atomic mass is 79.9. The van der Waals surface area contributed by atoms with Crippen LogP contribution >= 0.6 is 15.9 Å². The third kappa shape index (κ3) is 2.42. The summed E-state index contributed by atoms with van der Waals surface area (Å²) >= 11 is 3.23. The largest absolute Gasteiger partial charge is 0.369 e. The highest BCUT2D eigenvalue weighted by molar-refractivity contribution is 9.10. The third-order valence-corrected chi connectivity index (χ3v) is 4.74. The SMILES string of the molecule is CN1CCCCC1Cn1c(N)nc2cc(F)c(Br)cc21. The number of aromatic nitrogens is 2. The number of imidazole rings is 1. The highest BCUT2D eigenvalue weighted by Crippen LogP contribution is 2.27. The van der Waals surface area contributed by atoms with Crippen LogP contribution in [0.2, 0.25) is 0 Å². The van der Waals surface area contributed by atoms with Crippen LogP contribution in [0.1, 0.15) is 19.3 Å². The number of benzene rings is 1. The van der Waals surface area contributed by atoms with Gasteiger partial charge in [-0.05, 0) is 48.4 Å². The standard InChI is InChI=1S/C14H18BrFN4/c1-19-5-3-2-4-9(19)8-20-13-6-10(15)11(16)7-12(13)18-14(20)17/h6-7,9H,2-5,8H2,1H3,(H2,17,18). The number of anilines is 1. The maximum Gasteiger partial charge on any atom is 0.201 e. The molecule has 0 saturated carbocycles. The Hall–Kier alpha value is -1.14. The van der Waals surface area contributed by atoms with E-state index in [0.29, 0.717) is 22.0 Å². The van der Waals surface area contributed by atoms with E-state index in [-0.39, 0.29) is 5.82 Å². The zero-order valence-electron chi connectivity index (χ0n) is 11.4. The number of likely N-dealkylation sites (N-methyl/N-ethyl adjacent to an activating group) is 1. The summed E-state index contributed by atoms with van der Waals surface area (Å²) in [6.07, 6.45) is 3.67. The Morgan fingerprint density at radius 1 is 1.45 bits per heavy atom. The normalized spacial score (nSPS) is 20.6. The Morgan fingerprint density at radius 2 is 2.25 bits per heavy atom. The zero-order valence-corrected chi connectivity index (χ0v) is 13.0. The summed E-state index contributed by atoms with van der Waals surface area (Å²) in [4.78, 5) is 6.64. The first-order chi connectivity index (χ1) is 9.56. The highest BCUT2D eigenvalue weighted by Gasteiger charge is 2.21. The van der Waals surface area contributed by atoms with Crippen LogP contribution < -0.4 is 5.73 Å². The van der Waals surface area contributed by atoms with E-state index in [1.807, 2.05) is 4.57 Å². The molecule has 2 aromatic rings. The van der Waals surface area contributed by atoms with Crippen LogP contribution in [0.4, 0.5) is 10.3 Å². The molecule has 20 heavy (non-hydrogen) atoms. The van der Waals surface area contributed by atoms with Crippen LogP contribution in [0.5, 0.6) is 0 Å². The molecule has 2 heterocycles. The van der Waals surface area contributed by atoms with Gasteiger partial charge in [-0.2, -0.15) is 0 Å². The summed E-state index contributed by atoms with van der Waals surface area (Å²) in [5.74, 6) is 0.147. The van der Waals surface area contributed by atoms with Crippen LogP contribution in [0.3, 0.4) is 0 Å². The summed E-state index contributed by atoms with van der Waals surface area (Å²) in [5.41, 5.74) is 7.51. The molecule has 1 aliphatic heterocycles. The number of hydrogen-bond acceptors (Lipinski definition) is 3. The molecule has 2 N–H and O–H groups in total. The second-order valence-corrected chi connectivity index (χ2v) is 6.32. The van der Waals surface area contributed by atoms with Gasteiger partial charge in [-0.25, -0.2) is 9.37 Å². The Bertz CT molecular complexity index is 640. The second-order valence-electron chi connectivity index (χ2n) is 5.47. The first kappa shape index (κ1) is 13.8. The topological polar surface area (TPSA) is 47.1 Å². The fourth-order valence-corrected chi connectivity index (χ4v) is 3.25. The van der Waals surface area contributed by atoms with Gasteiger partial charge in [0.1, 0.15) is 5.82 Å². The molecule has 0 bridgehead atoms. The van der Waals surface area contributed by atoms with Crippen LogP contribution in [0.15, 0.2) is 16.6 Å². The minimum absolute atomic E-state index is 0.308. The van der Waals surface area contributed by atoms with Gasteiger partial charge in [0.25, 0.3) is 0 Å². The molecule has 1 aromatic heterocycles. The fraction of sp³-hybridized carbons (Fsp3) is 0.500. The number of nitrogens with two attached hydrogens (primary N) is 1. The Kier molecular flexibility index (Phi) is 3.69. The Morgan fingerprint density at radius 3 is 3.00 bits per heavy atom. The lowest BCUT2D eigenvalue weighted by Crippen LogP contribution is -2.39. The van der Waals surface area contributed by atoms with Gasteiger partial charge in [-0.1, -0.05) is 6.42 Å². The zero-order chi connectivity index (χ0) is 14.3. The molecule has 1 atom stereocenters. The molecule has 3 rings (SSSR count). The second kappa shape index (κ2) is 5.33. The molecule has 108 valence electrons. The molecule has 6 heteroatoms. The van der Waals surface area contributed by atoms with E-state index >= 15 is 0 Å². The first-order valence-corrected chi connectivity index (χ1v) is 7.66. The minimum atomic E-state index is -0.308. The third-order valence-electron chi connectivity index (χ3n) is 4.13. The molecule has 1 fully saturated rings. The molecule has 0 aliphatic carbocycles. The van der Waals surface area contributed by atoms with E-state index in [1.54, 1.807) is 6.07 Å². The Balaban J connectivity index is 1.98. The lowest BCUT2D eigenvalue weighted by Gasteiger charge is -2.32. The molecule has 0 spiro atoms. The summed E-state index contributed by atoms with van der Waals surface area (Å²) < 4.78 is 16.0. The van der Waals surface area contributed by atoms with E-state index in [9.17, 15) is 4.39 Å². The van der Waals surface area contributed by atoms with Crippen LogP contribution in [0, 0.1) is 5.82 Å². The van der Waals surface area contributed by atoms with E-state index in [4.69, 9.17) is 5.73 Å². The van der Waals surface area contributed by atoms with Crippen molar-refractivity contribution in [2.24, 2.45) is 0 Å². The van der Waals surface area contributed by atoms with Gasteiger partial charge >= 0.3 is 0 Å². The van der Waals surface area contributed by atoms with E-state index in [0.717, 1.165) is 25.0 Å². The molecule has 0 amide bonds. The molecule has 1 aromatic carbocycles. The number of rotatable bonds is 2. The van der Waals surface area contributed by atoms with Crippen molar-refractivity contribution in [1.82, 2.24) is 14.5 Å². The predicted octanol–water partition coefficient (Wildman–Crippen LogP) is 3.00. The lowest BCUT2D eigenvalue weighted by atomic mass is 10.0. The molecule has 1 unspecified atom stereocenters. The van der Waals surface area contributed by atoms with Crippen LogP contribution in [-0.2, 0) is 6.54 Å². The summed E-state index contributed by atoms with van der Waals surface area (Å²) in [6, 6.07) is 3.65. The quantitative estimate of drug-likeness (QED) is 0.914. The predicted molar refractivity (Wildman–Crippen MR) is 82.1 cm³/mol. The average molecular weight is 341 g/mol. The van der Waals surface area contributed by atoms with Crippen molar-refractivity contribution in [3.05, 3.63) is 22.4 Å². The molecule has 4 nitrogen and oxygen atoms in total. The number of nitrogen functional groups attached to an aromatic ring is 1. The van der Waals surface area contributed by atoms with Crippen molar-refractivity contribution < 1.29 is 4.39 Å². The number of fused-ring (bicyclic) bond motifs is 1. The van der Waals surface area contributed by atoms with E-state index in [2.05, 4.69) is 32.9 Å². The number of likely N-dealkylation sites (tertiary alicyclic amines) is 1. The van der Waals surface area contributed by atoms with Gasteiger partial charge < -0.3 is 15.2 Å². The number of nitrogens with zero attached hydrogens (tertiary/aromatic N) is 3. The van der Waals surface area contributed by atoms with Gasteiger partial charge in [0.15, 0.2) is 0 Å². The van der Waals surface area contributed by atoms with Crippen LogP contribution in [0.25, 0.3) is 11.0 Å². The van der Waals surface area contributed by atoms with Crippen molar-refractivity contribution >= 4 is 32.9 Å². The van der Waals surface area contributed by atoms with Gasteiger partial charge in [0.05, 0.1) is 15.5 Å². The summed E-state index contributed by atoms with van der Waals surface area (Å²) in [6.45, 7) is 1.92. The van der Waals surface area contributed by atoms with Crippen molar-refractivity contribution in [2.75, 3.05) is 19.3 Å². The van der Waals surface area contributed by atoms with Crippen molar-refractivity contribution in [3.63, 3.8) is 0 Å². The molecule has 1 saturated heterocycles. The van der Waals surface area contributed by atoms with Crippen LogP contribution in [-0.4, -0.2) is 34.1 Å². The first-order valence-electron chi connectivity index (χ1n) is 6.87. The Labute approximate surface area is 125 Å². The molecular formula is C14H18BrFN4.